The number of aryl methyl sites for hydroxylation is 2. The fourth-order valence-corrected chi connectivity index (χ4v) is 2.00. The van der Waals surface area contributed by atoms with Crippen LogP contribution in [0.25, 0.3) is 0 Å². The molecule has 1 aromatic carbocycles. The van der Waals surface area contributed by atoms with Crippen molar-refractivity contribution < 1.29 is 9.90 Å². The van der Waals surface area contributed by atoms with Gasteiger partial charge in [0.1, 0.15) is 5.56 Å². The lowest BCUT2D eigenvalue weighted by molar-refractivity contribution is 0.0696. The van der Waals surface area contributed by atoms with Gasteiger partial charge in [0.15, 0.2) is 0 Å². The molecule has 0 aliphatic heterocycles. The first-order valence-electron chi connectivity index (χ1n) is 5.96. The summed E-state index contributed by atoms with van der Waals surface area (Å²) in [4.78, 5) is 15.4. The van der Waals surface area contributed by atoms with Crippen molar-refractivity contribution in [2.45, 2.75) is 13.8 Å². The van der Waals surface area contributed by atoms with E-state index >= 15 is 0 Å². The number of nitrogens with one attached hydrogen (secondary N) is 2. The normalized spacial score (nSPS) is 10.2. The first kappa shape index (κ1) is 14.1. The number of hydrogen-bond acceptors (Lipinski definition) is 4. The van der Waals surface area contributed by atoms with Crippen LogP contribution >= 0.6 is 11.6 Å². The van der Waals surface area contributed by atoms with Gasteiger partial charge in [-0.3, -0.25) is 10.4 Å². The molecular weight excluding hydrogens is 278 g/mol. The number of halogens is 1. The van der Waals surface area contributed by atoms with Gasteiger partial charge >= 0.3 is 5.97 Å². The Balaban J connectivity index is 2.24. The molecule has 2 aromatic rings. The molecule has 5 nitrogen and oxygen atoms in total. The van der Waals surface area contributed by atoms with E-state index in [2.05, 4.69) is 15.8 Å². The van der Waals surface area contributed by atoms with E-state index in [0.717, 1.165) is 11.4 Å². The van der Waals surface area contributed by atoms with Crippen LogP contribution in [0.15, 0.2) is 30.3 Å². The van der Waals surface area contributed by atoms with Crippen LogP contribution in [0.2, 0.25) is 5.02 Å². The monoisotopic (exact) mass is 291 g/mol. The van der Waals surface area contributed by atoms with Crippen molar-refractivity contribution in [2.24, 2.45) is 0 Å². The molecule has 0 fully saturated rings. The molecule has 6 heteroatoms. The highest BCUT2D eigenvalue weighted by Crippen LogP contribution is 2.20. The summed E-state index contributed by atoms with van der Waals surface area (Å²) in [5.74, 6) is -1.02. The predicted molar refractivity (Wildman–Crippen MR) is 79.4 cm³/mol. The summed E-state index contributed by atoms with van der Waals surface area (Å²) in [5, 5.41) is 9.88. The number of carbonyl (C=O) groups is 1. The SMILES string of the molecule is Cc1cc(NNc2ccc(Cl)cc2)c(C(=O)O)c(C)n1. The second kappa shape index (κ2) is 5.79. The maximum Gasteiger partial charge on any atom is 0.339 e. The summed E-state index contributed by atoms with van der Waals surface area (Å²) >= 11 is 5.80. The fourth-order valence-electron chi connectivity index (χ4n) is 1.87. The summed E-state index contributed by atoms with van der Waals surface area (Å²) in [6.45, 7) is 3.48. The fraction of sp³-hybridized carbons (Fsp3) is 0.143. The van der Waals surface area contributed by atoms with Crippen LogP contribution < -0.4 is 10.9 Å². The second-order valence-corrected chi connectivity index (χ2v) is 4.77. The Kier molecular flexibility index (Phi) is 4.10. The summed E-state index contributed by atoms with van der Waals surface area (Å²) in [6.07, 6.45) is 0. The number of aromatic nitrogens is 1. The van der Waals surface area contributed by atoms with Crippen LogP contribution in [0.5, 0.6) is 0 Å². The third-order valence-electron chi connectivity index (χ3n) is 2.73. The minimum absolute atomic E-state index is 0.150. The van der Waals surface area contributed by atoms with E-state index in [0.29, 0.717) is 16.4 Å². The minimum Gasteiger partial charge on any atom is -0.478 e. The van der Waals surface area contributed by atoms with Gasteiger partial charge in [-0.15, -0.1) is 0 Å². The van der Waals surface area contributed by atoms with E-state index in [1.54, 1.807) is 37.3 Å². The van der Waals surface area contributed by atoms with E-state index < -0.39 is 5.97 Å². The van der Waals surface area contributed by atoms with Gasteiger partial charge in [0.25, 0.3) is 0 Å². The average Bonchev–Trinajstić information content (AvgIpc) is 2.36. The summed E-state index contributed by atoms with van der Waals surface area (Å²) in [5.41, 5.74) is 8.45. The van der Waals surface area contributed by atoms with Crippen LogP contribution in [0, 0.1) is 13.8 Å². The van der Waals surface area contributed by atoms with Crippen LogP contribution in [0.3, 0.4) is 0 Å². The van der Waals surface area contributed by atoms with E-state index in [-0.39, 0.29) is 5.56 Å². The standard InChI is InChI=1S/C14H14ClN3O2/c1-8-7-12(13(14(19)20)9(2)16-8)18-17-11-5-3-10(15)4-6-11/h3-7,17H,1-2H3,(H,16,18)(H,19,20). The first-order valence-corrected chi connectivity index (χ1v) is 6.34. The van der Waals surface area contributed by atoms with Crippen molar-refractivity contribution in [3.63, 3.8) is 0 Å². The Morgan fingerprint density at radius 2 is 1.85 bits per heavy atom. The van der Waals surface area contributed by atoms with E-state index in [4.69, 9.17) is 11.6 Å². The quantitative estimate of drug-likeness (QED) is 0.752. The van der Waals surface area contributed by atoms with Crippen molar-refractivity contribution in [1.29, 1.82) is 0 Å². The van der Waals surface area contributed by atoms with E-state index in [9.17, 15) is 9.90 Å². The molecule has 20 heavy (non-hydrogen) atoms. The smallest absolute Gasteiger partial charge is 0.339 e. The molecule has 2 rings (SSSR count). The van der Waals surface area contributed by atoms with Crippen molar-refractivity contribution in [1.82, 2.24) is 4.98 Å². The number of nitrogens with zero attached hydrogens (tertiary/aromatic N) is 1. The molecule has 0 atom stereocenters. The van der Waals surface area contributed by atoms with Crippen molar-refractivity contribution in [3.05, 3.63) is 52.3 Å². The Bertz CT molecular complexity index is 642. The lowest BCUT2D eigenvalue weighted by Crippen LogP contribution is -2.14. The lowest BCUT2D eigenvalue weighted by Gasteiger charge is -2.14. The van der Waals surface area contributed by atoms with Gasteiger partial charge in [0.05, 0.1) is 17.1 Å². The van der Waals surface area contributed by atoms with Crippen LogP contribution in [-0.2, 0) is 0 Å². The number of aromatic carboxylic acids is 1. The molecule has 0 amide bonds. The van der Waals surface area contributed by atoms with Gasteiger partial charge in [-0.1, -0.05) is 11.6 Å². The number of anilines is 2. The molecule has 0 aliphatic carbocycles. The predicted octanol–water partition coefficient (Wildman–Crippen LogP) is 3.49. The molecule has 0 spiro atoms. The highest BCUT2D eigenvalue weighted by Gasteiger charge is 2.15. The first-order chi connectivity index (χ1) is 9.47. The molecule has 0 unspecified atom stereocenters. The molecule has 1 heterocycles. The Hall–Kier alpha value is -2.27. The maximum absolute atomic E-state index is 11.3. The zero-order valence-electron chi connectivity index (χ0n) is 11.1. The Morgan fingerprint density at radius 1 is 1.20 bits per heavy atom. The zero-order chi connectivity index (χ0) is 14.7. The molecule has 0 saturated heterocycles. The van der Waals surface area contributed by atoms with Crippen molar-refractivity contribution >= 4 is 28.9 Å². The molecule has 0 saturated carbocycles. The molecule has 3 N–H and O–H groups in total. The molecular formula is C14H14ClN3O2. The number of hydrazine groups is 1. The van der Waals surface area contributed by atoms with Gasteiger partial charge in [-0.25, -0.2) is 4.79 Å². The number of pyridine rings is 1. The maximum atomic E-state index is 11.3. The van der Waals surface area contributed by atoms with Gasteiger partial charge in [0.2, 0.25) is 0 Å². The Labute approximate surface area is 121 Å². The van der Waals surface area contributed by atoms with Crippen molar-refractivity contribution in [2.75, 3.05) is 10.9 Å². The average molecular weight is 292 g/mol. The zero-order valence-corrected chi connectivity index (χ0v) is 11.8. The topological polar surface area (TPSA) is 74.2 Å². The van der Waals surface area contributed by atoms with Crippen LogP contribution in [-0.4, -0.2) is 16.1 Å². The number of benzene rings is 1. The molecule has 0 radical (unpaired) electrons. The molecule has 104 valence electrons. The number of carboxylic acid groups (broad SMARTS) is 1. The Morgan fingerprint density at radius 3 is 2.45 bits per heavy atom. The largest absolute Gasteiger partial charge is 0.478 e. The number of rotatable bonds is 4. The van der Waals surface area contributed by atoms with Gasteiger partial charge in [-0.2, -0.15) is 0 Å². The summed E-state index contributed by atoms with van der Waals surface area (Å²) < 4.78 is 0. The van der Waals surface area contributed by atoms with Crippen molar-refractivity contribution in [3.8, 4) is 0 Å². The van der Waals surface area contributed by atoms with Crippen LogP contribution in [0.4, 0.5) is 11.4 Å². The second-order valence-electron chi connectivity index (χ2n) is 4.33. The van der Waals surface area contributed by atoms with Crippen LogP contribution in [0.1, 0.15) is 21.7 Å². The third kappa shape index (κ3) is 3.19. The van der Waals surface area contributed by atoms with Gasteiger partial charge in [0, 0.05) is 10.7 Å². The number of hydrogen-bond donors (Lipinski definition) is 3. The summed E-state index contributed by atoms with van der Waals surface area (Å²) in [6, 6.07) is 8.74. The van der Waals surface area contributed by atoms with Gasteiger partial charge in [-0.05, 0) is 44.2 Å². The minimum atomic E-state index is -1.02. The molecule has 0 aliphatic rings. The number of carboxylic acids is 1. The lowest BCUT2D eigenvalue weighted by atomic mass is 10.1. The highest BCUT2D eigenvalue weighted by molar-refractivity contribution is 6.30. The van der Waals surface area contributed by atoms with Gasteiger partial charge < -0.3 is 10.5 Å². The molecule has 1 aromatic heterocycles. The van der Waals surface area contributed by atoms with E-state index in [1.807, 2.05) is 6.92 Å². The summed E-state index contributed by atoms with van der Waals surface area (Å²) in [7, 11) is 0. The third-order valence-corrected chi connectivity index (χ3v) is 2.98. The van der Waals surface area contributed by atoms with E-state index in [1.165, 1.54) is 0 Å². The molecule has 0 bridgehead atoms. The highest BCUT2D eigenvalue weighted by atomic mass is 35.5.